The Labute approximate surface area is 282 Å². The molecule has 4 heterocycles. The summed E-state index contributed by atoms with van der Waals surface area (Å²) in [6, 6.07) is 10.2. The molecule has 6 rings (SSSR count). The lowest BCUT2D eigenvalue weighted by atomic mass is 9.94. The van der Waals surface area contributed by atoms with Crippen molar-refractivity contribution in [2.75, 3.05) is 36.7 Å². The van der Waals surface area contributed by atoms with Gasteiger partial charge in [0, 0.05) is 43.3 Å². The fraction of sp³-hybridized carbons (Fsp3) is 0.457. The first-order valence-electron chi connectivity index (χ1n) is 16.0. The number of aryl methyl sites for hydroxylation is 1. The van der Waals surface area contributed by atoms with E-state index in [1.165, 1.54) is 6.07 Å². The molecule has 49 heavy (non-hydrogen) atoms. The lowest BCUT2D eigenvalue weighted by Crippen LogP contribution is -2.44. The first kappa shape index (κ1) is 39.1. The molecule has 0 amide bonds. The number of aliphatic hydroxyl groups excluding tert-OH is 2. The second kappa shape index (κ2) is 17.4. The third kappa shape index (κ3) is 8.84. The van der Waals surface area contributed by atoms with E-state index in [2.05, 4.69) is 16.5 Å². The molecule has 14 heteroatoms. The highest BCUT2D eigenvalue weighted by Gasteiger charge is 2.34. The summed E-state index contributed by atoms with van der Waals surface area (Å²) in [5, 5.41) is 17.6. The summed E-state index contributed by atoms with van der Waals surface area (Å²) in [6.45, 7) is 12.8. The molecule has 0 radical (unpaired) electrons. The molecule has 2 aliphatic rings. The zero-order chi connectivity index (χ0) is 36.5. The van der Waals surface area contributed by atoms with Gasteiger partial charge in [-0.1, -0.05) is 32.9 Å². The molecule has 2 saturated heterocycles. The van der Waals surface area contributed by atoms with Gasteiger partial charge in [-0.15, -0.1) is 0 Å². The first-order chi connectivity index (χ1) is 23.4. The van der Waals surface area contributed by atoms with Gasteiger partial charge in [0.2, 0.25) is 0 Å². The number of hydrogen-bond donors (Lipinski definition) is 2. The quantitative estimate of drug-likeness (QED) is 0.117. The highest BCUT2D eigenvalue weighted by Crippen LogP contribution is 2.38. The van der Waals surface area contributed by atoms with Crippen molar-refractivity contribution in [1.29, 1.82) is 0 Å². The average Bonchev–Trinajstić information content (AvgIpc) is 3.72. The molecule has 1 unspecified atom stereocenters. The van der Waals surface area contributed by atoms with Crippen LogP contribution in [0.4, 0.5) is 33.5 Å². The second-order valence-corrected chi connectivity index (χ2v) is 11.2. The molecule has 268 valence electrons. The minimum atomic E-state index is -4.38. The number of alkyl halides is 5. The molecule has 2 fully saturated rings. The van der Waals surface area contributed by atoms with Crippen LogP contribution in [-0.4, -0.2) is 65.4 Å². The normalized spacial score (nSPS) is 18.9. The number of aliphatic hydroxyl groups is 2. The molecule has 4 aromatic rings. The van der Waals surface area contributed by atoms with Gasteiger partial charge in [-0.3, -0.25) is 0 Å². The van der Waals surface area contributed by atoms with Crippen LogP contribution >= 0.6 is 0 Å². The third-order valence-corrected chi connectivity index (χ3v) is 8.13. The van der Waals surface area contributed by atoms with E-state index >= 15 is 0 Å². The number of ether oxygens (including phenoxy) is 1. The Morgan fingerprint density at radius 3 is 2.41 bits per heavy atom. The van der Waals surface area contributed by atoms with E-state index in [-0.39, 0.29) is 29.7 Å². The predicted octanol–water partition coefficient (Wildman–Crippen LogP) is 8.39. The summed E-state index contributed by atoms with van der Waals surface area (Å²) in [5.74, 6) is -0.298. The number of carbonyl (C=O) groups excluding carboxylic acids is 1. The van der Waals surface area contributed by atoms with Crippen molar-refractivity contribution in [3.05, 3.63) is 71.9 Å². The number of halogens is 5. The maximum atomic E-state index is 13.2. The van der Waals surface area contributed by atoms with E-state index in [4.69, 9.17) is 14.3 Å². The molecule has 3 atom stereocenters. The smallest absolute Gasteiger partial charge is 0.416 e. The molecule has 0 bridgehead atoms. The fourth-order valence-electron chi connectivity index (χ4n) is 5.95. The Morgan fingerprint density at radius 1 is 1.12 bits per heavy atom. The number of aromatic nitrogens is 2. The maximum absolute atomic E-state index is 13.2. The molecule has 2 N–H and O–H groups in total. The van der Waals surface area contributed by atoms with E-state index < -0.39 is 24.0 Å². The highest BCUT2D eigenvalue weighted by molar-refractivity contribution is 6.06. The summed E-state index contributed by atoms with van der Waals surface area (Å²) in [7, 11) is 1.00. The number of nitrogens with zero attached hydrogens (tertiary/aromatic N) is 4. The van der Waals surface area contributed by atoms with Crippen LogP contribution in [0.2, 0.25) is 0 Å². The first-order valence-corrected chi connectivity index (χ1v) is 16.0. The van der Waals surface area contributed by atoms with Crippen molar-refractivity contribution in [2.45, 2.75) is 71.6 Å². The number of rotatable bonds is 6. The maximum Gasteiger partial charge on any atom is 0.416 e. The van der Waals surface area contributed by atoms with Gasteiger partial charge in [0.25, 0.3) is 6.43 Å². The van der Waals surface area contributed by atoms with Gasteiger partial charge in [0.15, 0.2) is 23.1 Å². The monoisotopic (exact) mass is 694 g/mol. The zero-order valence-electron chi connectivity index (χ0n) is 28.2. The number of benzene rings is 2. The van der Waals surface area contributed by atoms with Crippen LogP contribution in [0.25, 0.3) is 22.1 Å². The van der Waals surface area contributed by atoms with Crippen molar-refractivity contribution in [1.82, 2.24) is 9.97 Å². The Balaban J connectivity index is 0.000000242. The largest absolute Gasteiger partial charge is 0.495 e. The topological polar surface area (TPSA) is 112 Å². The number of fused-ring (bicyclic) bond motifs is 3. The van der Waals surface area contributed by atoms with Crippen LogP contribution < -0.4 is 9.80 Å². The van der Waals surface area contributed by atoms with Crippen molar-refractivity contribution in [2.24, 2.45) is 5.92 Å². The van der Waals surface area contributed by atoms with Gasteiger partial charge in [0.05, 0.1) is 18.2 Å². The SMILES string of the molecule is C=C(O)N(c1ccc(C(F)(F)F)cc1C)C1CCOC[C@@H]1C.CC.CO.O=C[C@@H]1CCCN1c1nc(C(F)F)nc2c1oc1ccccc12. The van der Waals surface area contributed by atoms with Crippen LogP contribution in [0.5, 0.6) is 0 Å². The highest BCUT2D eigenvalue weighted by atomic mass is 19.4. The van der Waals surface area contributed by atoms with Crippen molar-refractivity contribution < 1.29 is 46.1 Å². The van der Waals surface area contributed by atoms with Gasteiger partial charge < -0.3 is 34.0 Å². The second-order valence-electron chi connectivity index (χ2n) is 11.2. The van der Waals surface area contributed by atoms with Gasteiger partial charge in [-0.05, 0) is 68.7 Å². The van der Waals surface area contributed by atoms with E-state index in [1.54, 1.807) is 41.0 Å². The minimum absolute atomic E-state index is 0.0540. The van der Waals surface area contributed by atoms with Gasteiger partial charge >= 0.3 is 6.18 Å². The number of carbonyl (C=O) groups is 1. The molecule has 2 aromatic carbocycles. The van der Waals surface area contributed by atoms with E-state index in [0.717, 1.165) is 31.9 Å². The van der Waals surface area contributed by atoms with Crippen LogP contribution in [0.15, 0.2) is 59.3 Å². The molecular formula is C35H43F5N4O5. The summed E-state index contributed by atoms with van der Waals surface area (Å²) in [6.07, 6.45) is -4.18. The van der Waals surface area contributed by atoms with E-state index in [1.807, 2.05) is 20.8 Å². The number of aldehydes is 1. The fourth-order valence-corrected chi connectivity index (χ4v) is 5.95. The van der Waals surface area contributed by atoms with Gasteiger partial charge in [-0.25, -0.2) is 18.7 Å². The average molecular weight is 695 g/mol. The van der Waals surface area contributed by atoms with Gasteiger partial charge in [0.1, 0.15) is 17.4 Å². The summed E-state index contributed by atoms with van der Waals surface area (Å²) >= 11 is 0. The summed E-state index contributed by atoms with van der Waals surface area (Å²) < 4.78 is 75.9. The molecular weight excluding hydrogens is 651 g/mol. The molecule has 0 saturated carbocycles. The molecule has 2 aromatic heterocycles. The Kier molecular flexibility index (Phi) is 13.9. The van der Waals surface area contributed by atoms with E-state index in [0.29, 0.717) is 65.9 Å². The van der Waals surface area contributed by atoms with Crippen LogP contribution in [0, 0.1) is 12.8 Å². The Morgan fingerprint density at radius 2 is 1.82 bits per heavy atom. The lowest BCUT2D eigenvalue weighted by Gasteiger charge is -2.39. The summed E-state index contributed by atoms with van der Waals surface area (Å²) in [4.78, 5) is 22.6. The molecule has 9 nitrogen and oxygen atoms in total. The van der Waals surface area contributed by atoms with Crippen LogP contribution in [0.1, 0.15) is 63.4 Å². The lowest BCUT2D eigenvalue weighted by molar-refractivity contribution is -0.137. The van der Waals surface area contributed by atoms with Crippen molar-refractivity contribution >= 4 is 39.9 Å². The third-order valence-electron chi connectivity index (χ3n) is 8.13. The number of hydrogen-bond acceptors (Lipinski definition) is 9. The van der Waals surface area contributed by atoms with Crippen molar-refractivity contribution in [3.8, 4) is 0 Å². The molecule has 0 aliphatic carbocycles. The van der Waals surface area contributed by atoms with Gasteiger partial charge in [-0.2, -0.15) is 13.2 Å². The number of furan rings is 1. The number of anilines is 2. The molecule has 2 aliphatic heterocycles. The van der Waals surface area contributed by atoms with Crippen molar-refractivity contribution in [3.63, 3.8) is 0 Å². The van der Waals surface area contributed by atoms with Crippen LogP contribution in [-0.2, 0) is 15.7 Å². The Hall–Kier alpha value is -4.30. The molecule has 0 spiro atoms. The predicted molar refractivity (Wildman–Crippen MR) is 179 cm³/mol. The summed E-state index contributed by atoms with van der Waals surface area (Å²) in [5.41, 5.74) is 1.56. The zero-order valence-corrected chi connectivity index (χ0v) is 28.2. The van der Waals surface area contributed by atoms with Crippen LogP contribution in [0.3, 0.4) is 0 Å². The Bertz CT molecular complexity index is 1700. The minimum Gasteiger partial charge on any atom is -0.495 e. The van der Waals surface area contributed by atoms with E-state index in [9.17, 15) is 31.9 Å². The standard InChI is InChI=1S/C16H20F3NO2.C16H13F2N3O2.C2H6.CH4O/c1-10-8-13(16(17,18)19)4-5-14(10)20(12(3)21)15-6-7-22-9-11(15)2;17-14(18)15-19-12-10-5-1-2-6-11(10)23-13(12)16(20-15)21-7-3-4-9(21)8-22;2*1-2/h4-5,8,11,15,21H,3,6-7,9H2,1-2H3;1-2,5-6,8-9,14H,3-4,7H2;1-2H3;2H,1H3/t11-,15?;9-;;/m00../s1. The number of para-hydroxylation sites is 1.